The number of fused-ring (bicyclic) bond motifs is 2. The standard InChI is InChI=1S/C15H21N3O3/c1-20-14-5-2-10(6-13(14)15(16)17-19)7-18-8-11-3-4-12(9-18)21-11/h2,5-6,11-12,19H,3-4,7-9H2,1H3,(H2,16,17). The summed E-state index contributed by atoms with van der Waals surface area (Å²) in [5, 5.41) is 11.9. The number of benzene rings is 1. The van der Waals surface area contributed by atoms with Crippen LogP contribution < -0.4 is 10.5 Å². The number of hydrogen-bond donors (Lipinski definition) is 2. The highest BCUT2D eigenvalue weighted by molar-refractivity contribution is 5.99. The zero-order chi connectivity index (χ0) is 14.8. The third-order valence-electron chi connectivity index (χ3n) is 4.17. The number of morpholine rings is 1. The van der Waals surface area contributed by atoms with Crippen molar-refractivity contribution in [1.82, 2.24) is 4.90 Å². The number of nitrogens with zero attached hydrogens (tertiary/aromatic N) is 2. The van der Waals surface area contributed by atoms with Gasteiger partial charge in [-0.2, -0.15) is 0 Å². The van der Waals surface area contributed by atoms with Crippen LogP contribution in [0.15, 0.2) is 23.4 Å². The van der Waals surface area contributed by atoms with E-state index < -0.39 is 0 Å². The van der Waals surface area contributed by atoms with E-state index in [1.807, 2.05) is 18.2 Å². The minimum absolute atomic E-state index is 0.0655. The van der Waals surface area contributed by atoms with Crippen LogP contribution >= 0.6 is 0 Å². The number of likely N-dealkylation sites (tertiary alicyclic amines) is 1. The molecule has 2 fully saturated rings. The molecule has 2 unspecified atom stereocenters. The molecule has 0 amide bonds. The molecule has 6 heteroatoms. The minimum Gasteiger partial charge on any atom is -0.496 e. The van der Waals surface area contributed by atoms with Gasteiger partial charge in [-0.15, -0.1) is 0 Å². The molecular weight excluding hydrogens is 270 g/mol. The van der Waals surface area contributed by atoms with Crippen LogP contribution in [-0.4, -0.2) is 48.4 Å². The molecule has 1 aromatic carbocycles. The van der Waals surface area contributed by atoms with Crippen molar-refractivity contribution in [3.05, 3.63) is 29.3 Å². The summed E-state index contributed by atoms with van der Waals surface area (Å²) in [6, 6.07) is 5.80. The maximum absolute atomic E-state index is 8.88. The first-order valence-electron chi connectivity index (χ1n) is 7.22. The van der Waals surface area contributed by atoms with Crippen LogP contribution in [0.25, 0.3) is 0 Å². The van der Waals surface area contributed by atoms with Gasteiger partial charge in [0.25, 0.3) is 0 Å². The highest BCUT2D eigenvalue weighted by atomic mass is 16.5. The normalized spacial score (nSPS) is 26.0. The lowest BCUT2D eigenvalue weighted by molar-refractivity contribution is -0.0410. The molecule has 2 saturated heterocycles. The van der Waals surface area contributed by atoms with E-state index in [2.05, 4.69) is 10.1 Å². The van der Waals surface area contributed by atoms with E-state index >= 15 is 0 Å². The van der Waals surface area contributed by atoms with Crippen molar-refractivity contribution < 1.29 is 14.7 Å². The lowest BCUT2D eigenvalue weighted by atomic mass is 10.1. The summed E-state index contributed by atoms with van der Waals surface area (Å²) in [7, 11) is 1.57. The first kappa shape index (κ1) is 14.2. The summed E-state index contributed by atoms with van der Waals surface area (Å²) < 4.78 is 11.1. The second-order valence-corrected chi connectivity index (χ2v) is 5.67. The molecule has 3 N–H and O–H groups in total. The van der Waals surface area contributed by atoms with Gasteiger partial charge < -0.3 is 20.4 Å². The Hall–Kier alpha value is -1.79. The van der Waals surface area contributed by atoms with E-state index in [0.29, 0.717) is 23.5 Å². The Morgan fingerprint density at radius 1 is 1.43 bits per heavy atom. The molecule has 6 nitrogen and oxygen atoms in total. The van der Waals surface area contributed by atoms with Gasteiger partial charge in [0.1, 0.15) is 5.75 Å². The van der Waals surface area contributed by atoms with Gasteiger partial charge in [0, 0.05) is 19.6 Å². The summed E-state index contributed by atoms with van der Waals surface area (Å²) >= 11 is 0. The largest absolute Gasteiger partial charge is 0.496 e. The average Bonchev–Trinajstić information content (AvgIpc) is 2.85. The number of oxime groups is 1. The van der Waals surface area contributed by atoms with E-state index in [9.17, 15) is 0 Å². The summed E-state index contributed by atoms with van der Waals surface area (Å²) in [6.07, 6.45) is 3.09. The maximum Gasteiger partial charge on any atom is 0.173 e. The molecule has 1 aromatic rings. The molecule has 2 aliphatic heterocycles. The van der Waals surface area contributed by atoms with Crippen molar-refractivity contribution in [1.29, 1.82) is 0 Å². The molecule has 114 valence electrons. The molecular formula is C15H21N3O3. The van der Waals surface area contributed by atoms with Gasteiger partial charge >= 0.3 is 0 Å². The topological polar surface area (TPSA) is 80.3 Å². The molecule has 3 rings (SSSR count). The SMILES string of the molecule is COc1ccc(CN2CC3CCC(C2)O3)cc1C(N)=NO. The third-order valence-corrected chi connectivity index (χ3v) is 4.17. The molecule has 2 heterocycles. The van der Waals surface area contributed by atoms with Crippen LogP contribution in [0.4, 0.5) is 0 Å². The number of amidine groups is 1. The van der Waals surface area contributed by atoms with Gasteiger partial charge in [0.15, 0.2) is 5.84 Å². The molecule has 0 aromatic heterocycles. The molecule has 2 atom stereocenters. The second-order valence-electron chi connectivity index (χ2n) is 5.67. The van der Waals surface area contributed by atoms with Crippen LogP contribution in [0.3, 0.4) is 0 Å². The van der Waals surface area contributed by atoms with E-state index in [1.54, 1.807) is 7.11 Å². The summed E-state index contributed by atoms with van der Waals surface area (Å²) in [5.41, 5.74) is 7.46. The monoisotopic (exact) mass is 291 g/mol. The van der Waals surface area contributed by atoms with Crippen molar-refractivity contribution in [2.45, 2.75) is 31.6 Å². The van der Waals surface area contributed by atoms with Gasteiger partial charge in [0.2, 0.25) is 0 Å². The zero-order valence-electron chi connectivity index (χ0n) is 12.2. The molecule has 2 aliphatic rings. The molecule has 0 aliphatic carbocycles. The Bertz CT molecular complexity index is 535. The number of rotatable bonds is 4. The van der Waals surface area contributed by atoms with Crippen LogP contribution in [-0.2, 0) is 11.3 Å². The molecule has 21 heavy (non-hydrogen) atoms. The van der Waals surface area contributed by atoms with Gasteiger partial charge in [-0.25, -0.2) is 0 Å². The second kappa shape index (κ2) is 5.91. The van der Waals surface area contributed by atoms with E-state index in [4.69, 9.17) is 20.4 Å². The quantitative estimate of drug-likeness (QED) is 0.376. The molecule has 0 radical (unpaired) electrons. The van der Waals surface area contributed by atoms with Crippen molar-refractivity contribution in [3.8, 4) is 5.75 Å². The average molecular weight is 291 g/mol. The third kappa shape index (κ3) is 2.96. The summed E-state index contributed by atoms with van der Waals surface area (Å²) in [6.45, 7) is 2.79. The fourth-order valence-electron chi connectivity index (χ4n) is 3.19. The Balaban J connectivity index is 1.76. The fourth-order valence-corrected chi connectivity index (χ4v) is 3.19. The maximum atomic E-state index is 8.88. The number of nitrogens with two attached hydrogens (primary N) is 1. The summed E-state index contributed by atoms with van der Waals surface area (Å²) in [5.74, 6) is 0.673. The van der Waals surface area contributed by atoms with Gasteiger partial charge in [-0.1, -0.05) is 11.2 Å². The zero-order valence-corrected chi connectivity index (χ0v) is 12.2. The predicted molar refractivity (Wildman–Crippen MR) is 78.7 cm³/mol. The highest BCUT2D eigenvalue weighted by Crippen LogP contribution is 2.28. The van der Waals surface area contributed by atoms with E-state index in [1.165, 1.54) is 12.8 Å². The van der Waals surface area contributed by atoms with Crippen molar-refractivity contribution in [2.75, 3.05) is 20.2 Å². The number of hydrogen-bond acceptors (Lipinski definition) is 5. The Labute approximate surface area is 124 Å². The summed E-state index contributed by atoms with van der Waals surface area (Å²) in [4.78, 5) is 2.41. The van der Waals surface area contributed by atoms with Crippen LogP contribution in [0.5, 0.6) is 5.75 Å². The van der Waals surface area contributed by atoms with Crippen LogP contribution in [0.1, 0.15) is 24.0 Å². The van der Waals surface area contributed by atoms with Crippen molar-refractivity contribution in [3.63, 3.8) is 0 Å². The smallest absolute Gasteiger partial charge is 0.173 e. The van der Waals surface area contributed by atoms with Crippen molar-refractivity contribution in [2.24, 2.45) is 10.9 Å². The van der Waals surface area contributed by atoms with E-state index in [-0.39, 0.29) is 5.84 Å². The van der Waals surface area contributed by atoms with Gasteiger partial charge in [0.05, 0.1) is 24.9 Å². The van der Waals surface area contributed by atoms with Gasteiger partial charge in [-0.05, 0) is 30.5 Å². The Kier molecular flexibility index (Phi) is 3.98. The van der Waals surface area contributed by atoms with Crippen molar-refractivity contribution >= 4 is 5.84 Å². The first-order valence-corrected chi connectivity index (χ1v) is 7.22. The van der Waals surface area contributed by atoms with Crippen LogP contribution in [0.2, 0.25) is 0 Å². The molecule has 2 bridgehead atoms. The predicted octanol–water partition coefficient (Wildman–Crippen LogP) is 1.15. The first-order chi connectivity index (χ1) is 10.2. The lowest BCUT2D eigenvalue weighted by Crippen LogP contribution is -2.42. The minimum atomic E-state index is 0.0655. The number of ether oxygens (including phenoxy) is 2. The van der Waals surface area contributed by atoms with Crippen LogP contribution in [0, 0.1) is 0 Å². The molecule has 0 saturated carbocycles. The number of methoxy groups -OCH3 is 1. The fraction of sp³-hybridized carbons (Fsp3) is 0.533. The van der Waals surface area contributed by atoms with Gasteiger partial charge in [-0.3, -0.25) is 4.90 Å². The Morgan fingerprint density at radius 2 is 2.14 bits per heavy atom. The molecule has 0 spiro atoms. The Morgan fingerprint density at radius 3 is 2.76 bits per heavy atom. The lowest BCUT2D eigenvalue weighted by Gasteiger charge is -2.32. The van der Waals surface area contributed by atoms with E-state index in [0.717, 1.165) is 25.2 Å². The highest BCUT2D eigenvalue weighted by Gasteiger charge is 2.33.